The number of rotatable bonds is 3. The lowest BCUT2D eigenvalue weighted by Crippen LogP contribution is -1.89. The van der Waals surface area contributed by atoms with Gasteiger partial charge in [0.2, 0.25) is 0 Å². The molecule has 0 radical (unpaired) electrons. The summed E-state index contributed by atoms with van der Waals surface area (Å²) in [6, 6.07) is 3.76. The molecule has 2 N–H and O–H groups in total. The van der Waals surface area contributed by atoms with Gasteiger partial charge in [-0.15, -0.1) is 16.9 Å². The maximum Gasteiger partial charge on any atom is 0.159 e. The minimum atomic E-state index is -0.852. The zero-order chi connectivity index (χ0) is 11.5. The fraction of sp³-hybridized carbons (Fsp3) is 0.111. The van der Waals surface area contributed by atoms with Crippen LogP contribution in [0, 0.1) is 11.6 Å². The second kappa shape index (κ2) is 4.75. The highest BCUT2D eigenvalue weighted by molar-refractivity contribution is 7.98. The molecule has 1 aromatic heterocycles. The minimum absolute atomic E-state index is 0.493. The van der Waals surface area contributed by atoms with E-state index in [-0.39, 0.29) is 0 Å². The molecule has 0 aliphatic carbocycles. The maximum atomic E-state index is 12.9. The lowest BCUT2D eigenvalue weighted by Gasteiger charge is -2.00. The highest BCUT2D eigenvalue weighted by Gasteiger charge is 2.07. The Hall–Kier alpha value is -1.21. The quantitative estimate of drug-likeness (QED) is 0.861. The van der Waals surface area contributed by atoms with Gasteiger partial charge in [-0.1, -0.05) is 4.49 Å². The predicted molar refractivity (Wildman–Crippen MR) is 60.2 cm³/mol. The van der Waals surface area contributed by atoms with Crippen LogP contribution >= 0.6 is 23.3 Å². The molecule has 0 spiro atoms. The number of aromatic nitrogens is 2. The molecule has 84 valence electrons. The largest absolute Gasteiger partial charge is 0.388 e. The van der Waals surface area contributed by atoms with Crippen LogP contribution in [0.25, 0.3) is 0 Å². The molecule has 2 aromatic rings. The first-order valence-corrected chi connectivity index (χ1v) is 6.07. The van der Waals surface area contributed by atoms with E-state index in [1.807, 2.05) is 0 Å². The van der Waals surface area contributed by atoms with Gasteiger partial charge in [0.25, 0.3) is 0 Å². The first kappa shape index (κ1) is 11.3. The van der Waals surface area contributed by atoms with E-state index in [0.717, 1.165) is 23.7 Å². The van der Waals surface area contributed by atoms with Crippen molar-refractivity contribution in [2.45, 2.75) is 10.6 Å². The van der Waals surface area contributed by atoms with Crippen molar-refractivity contribution in [3.05, 3.63) is 35.5 Å². The van der Waals surface area contributed by atoms with Crippen molar-refractivity contribution < 1.29 is 8.78 Å². The number of anilines is 1. The van der Waals surface area contributed by atoms with E-state index < -0.39 is 11.6 Å². The average Bonchev–Trinajstić information content (AvgIpc) is 2.66. The average molecular weight is 259 g/mol. The molecule has 1 aromatic carbocycles. The second-order valence-corrected chi connectivity index (χ2v) is 4.78. The Labute approximate surface area is 98.8 Å². The zero-order valence-electron chi connectivity index (χ0n) is 7.98. The van der Waals surface area contributed by atoms with Gasteiger partial charge < -0.3 is 5.73 Å². The SMILES string of the molecule is Nc1snnc1CSc1ccc(F)c(F)c1. The van der Waals surface area contributed by atoms with Crippen molar-refractivity contribution in [3.8, 4) is 0 Å². The Morgan fingerprint density at radius 2 is 2.12 bits per heavy atom. The van der Waals surface area contributed by atoms with E-state index in [0.29, 0.717) is 21.3 Å². The van der Waals surface area contributed by atoms with Crippen LogP contribution in [0.5, 0.6) is 0 Å². The number of halogens is 2. The van der Waals surface area contributed by atoms with Gasteiger partial charge in [0.05, 0.1) is 0 Å². The first-order chi connectivity index (χ1) is 7.66. The van der Waals surface area contributed by atoms with Gasteiger partial charge in [-0.2, -0.15) is 0 Å². The van der Waals surface area contributed by atoms with E-state index in [1.54, 1.807) is 0 Å². The van der Waals surface area contributed by atoms with Gasteiger partial charge in [0.15, 0.2) is 11.6 Å². The van der Waals surface area contributed by atoms with Crippen molar-refractivity contribution in [2.75, 3.05) is 5.73 Å². The summed E-state index contributed by atoms with van der Waals surface area (Å²) < 4.78 is 29.2. The summed E-state index contributed by atoms with van der Waals surface area (Å²) in [4.78, 5) is 0.631. The molecular weight excluding hydrogens is 252 g/mol. The summed E-state index contributed by atoms with van der Waals surface area (Å²) >= 11 is 2.45. The molecule has 0 bridgehead atoms. The molecule has 0 amide bonds. The van der Waals surface area contributed by atoms with Gasteiger partial charge in [0.1, 0.15) is 10.7 Å². The van der Waals surface area contributed by atoms with Crippen molar-refractivity contribution in [1.29, 1.82) is 0 Å². The summed E-state index contributed by atoms with van der Waals surface area (Å²) in [6.45, 7) is 0. The molecule has 0 atom stereocenters. The fourth-order valence-electron chi connectivity index (χ4n) is 1.03. The second-order valence-electron chi connectivity index (χ2n) is 2.95. The van der Waals surface area contributed by atoms with Crippen LogP contribution in [0.3, 0.4) is 0 Å². The molecule has 2 rings (SSSR count). The number of benzene rings is 1. The van der Waals surface area contributed by atoms with Crippen LogP contribution in [-0.4, -0.2) is 9.59 Å². The lowest BCUT2D eigenvalue weighted by atomic mass is 10.3. The molecule has 0 aliphatic heterocycles. The summed E-state index contributed by atoms with van der Waals surface area (Å²) in [7, 11) is 0. The van der Waals surface area contributed by atoms with Gasteiger partial charge >= 0.3 is 0 Å². The molecule has 3 nitrogen and oxygen atoms in total. The molecule has 0 saturated heterocycles. The Bertz CT molecular complexity index is 501. The smallest absolute Gasteiger partial charge is 0.159 e. The Morgan fingerprint density at radius 3 is 2.75 bits per heavy atom. The Kier molecular flexibility index (Phi) is 3.35. The molecular formula is C9H7F2N3S2. The van der Waals surface area contributed by atoms with E-state index in [2.05, 4.69) is 9.59 Å². The predicted octanol–water partition coefficient (Wildman–Crippen LogP) is 2.69. The number of hydrogen-bond donors (Lipinski definition) is 1. The van der Waals surface area contributed by atoms with E-state index in [9.17, 15) is 8.78 Å². The molecule has 0 aliphatic rings. The topological polar surface area (TPSA) is 51.8 Å². The lowest BCUT2D eigenvalue weighted by molar-refractivity contribution is 0.506. The Balaban J connectivity index is 2.05. The highest BCUT2D eigenvalue weighted by Crippen LogP contribution is 2.26. The van der Waals surface area contributed by atoms with Crippen LogP contribution in [-0.2, 0) is 5.75 Å². The number of thioether (sulfide) groups is 1. The third-order valence-corrected chi connectivity index (χ3v) is 3.45. The number of nitrogens with two attached hydrogens (primary N) is 1. The number of hydrogen-bond acceptors (Lipinski definition) is 5. The standard InChI is InChI=1S/C9H7F2N3S2/c10-6-2-1-5(3-7(6)11)15-4-8-9(12)16-14-13-8/h1-3H,4,12H2. The summed E-state index contributed by atoms with van der Waals surface area (Å²) in [5.74, 6) is -1.21. The summed E-state index contributed by atoms with van der Waals surface area (Å²) in [6.07, 6.45) is 0. The van der Waals surface area contributed by atoms with Crippen LogP contribution in [0.15, 0.2) is 23.1 Å². The number of nitrogen functional groups attached to an aromatic ring is 1. The van der Waals surface area contributed by atoms with Gasteiger partial charge in [-0.3, -0.25) is 0 Å². The van der Waals surface area contributed by atoms with Gasteiger partial charge in [0, 0.05) is 22.2 Å². The first-order valence-electron chi connectivity index (χ1n) is 4.31. The normalized spacial score (nSPS) is 10.6. The van der Waals surface area contributed by atoms with Crippen LogP contribution < -0.4 is 5.73 Å². The van der Waals surface area contributed by atoms with Crippen molar-refractivity contribution in [3.63, 3.8) is 0 Å². The van der Waals surface area contributed by atoms with Gasteiger partial charge in [-0.25, -0.2) is 8.78 Å². The molecule has 0 saturated carbocycles. The van der Waals surface area contributed by atoms with Crippen LogP contribution in [0.2, 0.25) is 0 Å². The van der Waals surface area contributed by atoms with E-state index >= 15 is 0 Å². The minimum Gasteiger partial charge on any atom is -0.388 e. The van der Waals surface area contributed by atoms with Crippen molar-refractivity contribution in [1.82, 2.24) is 9.59 Å². The summed E-state index contributed by atoms with van der Waals surface area (Å²) in [5, 5.41) is 4.38. The zero-order valence-corrected chi connectivity index (χ0v) is 9.62. The number of nitrogens with zero attached hydrogens (tertiary/aromatic N) is 2. The monoisotopic (exact) mass is 259 g/mol. The molecule has 1 heterocycles. The van der Waals surface area contributed by atoms with Gasteiger partial charge in [-0.05, 0) is 18.2 Å². The van der Waals surface area contributed by atoms with E-state index in [1.165, 1.54) is 17.8 Å². The Morgan fingerprint density at radius 1 is 1.31 bits per heavy atom. The molecule has 0 unspecified atom stereocenters. The van der Waals surface area contributed by atoms with Crippen molar-refractivity contribution in [2.24, 2.45) is 0 Å². The van der Waals surface area contributed by atoms with Crippen molar-refractivity contribution >= 4 is 28.3 Å². The molecule has 7 heteroatoms. The maximum absolute atomic E-state index is 12.9. The van der Waals surface area contributed by atoms with E-state index in [4.69, 9.17) is 5.73 Å². The highest BCUT2D eigenvalue weighted by atomic mass is 32.2. The third kappa shape index (κ3) is 2.48. The fourth-order valence-corrected chi connectivity index (χ4v) is 2.44. The molecule has 16 heavy (non-hydrogen) atoms. The van der Waals surface area contributed by atoms with Crippen LogP contribution in [0.1, 0.15) is 5.69 Å². The van der Waals surface area contributed by atoms with Crippen LogP contribution in [0.4, 0.5) is 13.8 Å². The summed E-state index contributed by atoms with van der Waals surface area (Å²) in [5.41, 5.74) is 6.27. The third-order valence-electron chi connectivity index (χ3n) is 1.85. The molecule has 0 fully saturated rings.